The lowest BCUT2D eigenvalue weighted by Crippen LogP contribution is -2.15. The summed E-state index contributed by atoms with van der Waals surface area (Å²) in [5, 5.41) is 15.2. The Morgan fingerprint density at radius 1 is 1.03 bits per heavy atom. The van der Waals surface area contributed by atoms with Crippen molar-refractivity contribution in [1.29, 1.82) is 0 Å². The molecule has 3 rings (SSSR count). The summed E-state index contributed by atoms with van der Waals surface area (Å²) in [6.07, 6.45) is 1.35. The average molecular weight is 449 g/mol. The summed E-state index contributed by atoms with van der Waals surface area (Å²) in [6.45, 7) is 0. The number of anilines is 2. The fourth-order valence-corrected chi connectivity index (χ4v) is 3.90. The summed E-state index contributed by atoms with van der Waals surface area (Å²) in [5.41, 5.74) is 2.81. The number of nitro groups is 1. The second-order valence-corrected chi connectivity index (χ2v) is 8.00. The van der Waals surface area contributed by atoms with E-state index in [0.29, 0.717) is 5.56 Å². The molecule has 0 bridgehead atoms. The number of nitrogens with one attached hydrogen (secondary N) is 2. The van der Waals surface area contributed by atoms with Crippen molar-refractivity contribution in [3.8, 4) is 0 Å². The van der Waals surface area contributed by atoms with Gasteiger partial charge >= 0.3 is 0 Å². The third-order valence-electron chi connectivity index (χ3n) is 3.85. The first-order valence-corrected chi connectivity index (χ1v) is 10.2. The first kappa shape index (κ1) is 21.2. The quantitative estimate of drug-likeness (QED) is 0.310. The maximum atomic E-state index is 13.0. The number of hydrogen-bond donors (Lipinski definition) is 2. The molecule has 2 N–H and O–H groups in total. The van der Waals surface area contributed by atoms with E-state index < -0.39 is 31.3 Å². The van der Waals surface area contributed by atoms with Gasteiger partial charge in [-0.15, -0.1) is 0 Å². The molecule has 0 aliphatic rings. The molecule has 3 aromatic carbocycles. The van der Waals surface area contributed by atoms with E-state index >= 15 is 0 Å². The van der Waals surface area contributed by atoms with Gasteiger partial charge in [-0.2, -0.15) is 5.10 Å². The number of benzene rings is 3. The van der Waals surface area contributed by atoms with Crippen LogP contribution in [0.15, 0.2) is 76.7 Å². The molecule has 8 nitrogen and oxygen atoms in total. The number of non-ortho nitro benzene ring substituents is 1. The van der Waals surface area contributed by atoms with Crippen molar-refractivity contribution in [1.82, 2.24) is 0 Å². The number of halogens is 2. The van der Waals surface area contributed by atoms with Gasteiger partial charge in [-0.3, -0.25) is 20.3 Å². The number of hydrazone groups is 1. The fraction of sp³-hybridized carbons (Fsp3) is 0. The van der Waals surface area contributed by atoms with Gasteiger partial charge in [0.15, 0.2) is 0 Å². The monoisotopic (exact) mass is 448 g/mol. The predicted octanol–water partition coefficient (Wildman–Crippen LogP) is 4.63. The van der Waals surface area contributed by atoms with E-state index in [2.05, 4.69) is 15.2 Å². The zero-order valence-electron chi connectivity index (χ0n) is 15.1. The first-order valence-electron chi connectivity index (χ1n) is 8.37. The molecule has 0 unspecified atom stereocenters. The number of nitro benzene ring substituents is 1. The molecule has 0 aliphatic carbocycles. The van der Waals surface area contributed by atoms with Crippen molar-refractivity contribution in [3.63, 3.8) is 0 Å². The Morgan fingerprint density at radius 3 is 2.40 bits per heavy atom. The van der Waals surface area contributed by atoms with Gasteiger partial charge in [0.05, 0.1) is 27.5 Å². The van der Waals surface area contributed by atoms with Gasteiger partial charge < -0.3 is 0 Å². The molecule has 0 radical (unpaired) electrons. The van der Waals surface area contributed by atoms with Gasteiger partial charge in [0.2, 0.25) is 0 Å². The third kappa shape index (κ3) is 5.10. The van der Waals surface area contributed by atoms with E-state index in [4.69, 9.17) is 11.6 Å². The zero-order valence-corrected chi connectivity index (χ0v) is 16.7. The van der Waals surface area contributed by atoms with Crippen molar-refractivity contribution < 1.29 is 17.7 Å². The number of nitrogens with zero attached hydrogens (tertiary/aromatic N) is 2. The molecule has 0 aromatic heterocycles. The van der Waals surface area contributed by atoms with Crippen LogP contribution in [0.3, 0.4) is 0 Å². The number of para-hydroxylation sites is 1. The Kier molecular flexibility index (Phi) is 6.28. The normalized spacial score (nSPS) is 11.4. The highest BCUT2D eigenvalue weighted by atomic mass is 35.5. The standard InChI is InChI=1S/C19H14ClFN4O4S/c20-16-3-1-2-4-17(16)24-30(28,29)19-11-15(25(26)27)9-10-18(19)23-22-12-13-5-7-14(21)8-6-13/h1-12,23-24H/b22-12-. The van der Waals surface area contributed by atoms with Gasteiger partial charge in [0, 0.05) is 12.1 Å². The summed E-state index contributed by atoms with van der Waals surface area (Å²) >= 11 is 6.00. The highest BCUT2D eigenvalue weighted by Gasteiger charge is 2.23. The van der Waals surface area contributed by atoms with Crippen LogP contribution in [0.4, 0.5) is 21.5 Å². The Hall–Kier alpha value is -3.50. The molecular formula is C19H14ClFN4O4S. The SMILES string of the molecule is O=[N+]([O-])c1ccc(N/N=C\c2ccc(F)cc2)c(S(=O)(=O)Nc2ccccc2Cl)c1. The van der Waals surface area contributed by atoms with Crippen LogP contribution < -0.4 is 10.1 Å². The van der Waals surface area contributed by atoms with E-state index in [0.717, 1.165) is 12.1 Å². The highest BCUT2D eigenvalue weighted by Crippen LogP contribution is 2.30. The van der Waals surface area contributed by atoms with Crippen molar-refractivity contribution in [3.05, 3.63) is 93.2 Å². The molecule has 11 heteroatoms. The molecule has 154 valence electrons. The van der Waals surface area contributed by atoms with Gasteiger partial charge in [-0.25, -0.2) is 12.8 Å². The first-order chi connectivity index (χ1) is 14.3. The van der Waals surface area contributed by atoms with Crippen LogP contribution in [-0.4, -0.2) is 19.6 Å². The van der Waals surface area contributed by atoms with E-state index in [1.165, 1.54) is 48.7 Å². The maximum Gasteiger partial charge on any atom is 0.270 e. The van der Waals surface area contributed by atoms with Crippen LogP contribution in [0.1, 0.15) is 5.56 Å². The third-order valence-corrected chi connectivity index (χ3v) is 5.59. The van der Waals surface area contributed by atoms with Crippen LogP contribution >= 0.6 is 11.6 Å². The Morgan fingerprint density at radius 2 is 1.73 bits per heavy atom. The van der Waals surface area contributed by atoms with Crippen molar-refractivity contribution >= 4 is 44.9 Å². The molecular weight excluding hydrogens is 435 g/mol. The molecule has 0 saturated carbocycles. The second-order valence-electron chi connectivity index (χ2n) is 5.94. The number of sulfonamides is 1. The van der Waals surface area contributed by atoms with E-state index in [1.807, 2.05) is 0 Å². The molecule has 0 heterocycles. The zero-order chi connectivity index (χ0) is 21.7. The molecule has 30 heavy (non-hydrogen) atoms. The van der Waals surface area contributed by atoms with E-state index in [-0.39, 0.29) is 16.4 Å². The second kappa shape index (κ2) is 8.89. The topological polar surface area (TPSA) is 114 Å². The summed E-state index contributed by atoms with van der Waals surface area (Å²) in [4.78, 5) is 10.0. The van der Waals surface area contributed by atoms with Gasteiger partial charge in [0.25, 0.3) is 15.7 Å². The molecule has 0 aliphatic heterocycles. The fourth-order valence-electron chi connectivity index (χ4n) is 2.41. The molecule has 3 aromatic rings. The minimum atomic E-state index is -4.25. The van der Waals surface area contributed by atoms with E-state index in [9.17, 15) is 22.9 Å². The number of hydrogen-bond acceptors (Lipinski definition) is 6. The summed E-state index contributed by atoms with van der Waals surface area (Å²) < 4.78 is 41.1. The lowest BCUT2D eigenvalue weighted by atomic mass is 10.2. The Bertz CT molecular complexity index is 1220. The largest absolute Gasteiger partial charge is 0.278 e. The summed E-state index contributed by atoms with van der Waals surface area (Å²) in [5.74, 6) is -0.408. The van der Waals surface area contributed by atoms with Crippen LogP contribution in [0.5, 0.6) is 0 Å². The molecule has 0 spiro atoms. The number of rotatable bonds is 7. The molecule has 0 fully saturated rings. The van der Waals surface area contributed by atoms with Gasteiger partial charge in [-0.05, 0) is 35.9 Å². The lowest BCUT2D eigenvalue weighted by Gasteiger charge is -2.12. The maximum absolute atomic E-state index is 13.0. The van der Waals surface area contributed by atoms with E-state index in [1.54, 1.807) is 12.1 Å². The van der Waals surface area contributed by atoms with Crippen LogP contribution in [0.25, 0.3) is 0 Å². The van der Waals surface area contributed by atoms with Crippen molar-refractivity contribution in [2.24, 2.45) is 5.10 Å². The highest BCUT2D eigenvalue weighted by molar-refractivity contribution is 7.93. The molecule has 0 amide bonds. The molecule has 0 saturated heterocycles. The van der Waals surface area contributed by atoms with Crippen molar-refractivity contribution in [2.75, 3.05) is 10.1 Å². The van der Waals surface area contributed by atoms with Crippen molar-refractivity contribution in [2.45, 2.75) is 4.90 Å². The predicted molar refractivity (Wildman–Crippen MR) is 113 cm³/mol. The molecule has 0 atom stereocenters. The smallest absolute Gasteiger partial charge is 0.270 e. The summed E-state index contributed by atoms with van der Waals surface area (Å²) in [6, 6.07) is 14.9. The summed E-state index contributed by atoms with van der Waals surface area (Å²) in [7, 11) is -4.25. The van der Waals surface area contributed by atoms with Crippen LogP contribution in [0, 0.1) is 15.9 Å². The van der Waals surface area contributed by atoms with Gasteiger partial charge in [-0.1, -0.05) is 35.9 Å². The van der Waals surface area contributed by atoms with Crippen LogP contribution in [-0.2, 0) is 10.0 Å². The Balaban J connectivity index is 1.94. The van der Waals surface area contributed by atoms with Gasteiger partial charge in [0.1, 0.15) is 10.7 Å². The minimum absolute atomic E-state index is 0.00137. The lowest BCUT2D eigenvalue weighted by molar-refractivity contribution is -0.385. The minimum Gasteiger partial charge on any atom is -0.278 e. The average Bonchev–Trinajstić information content (AvgIpc) is 2.71. The van der Waals surface area contributed by atoms with Crippen LogP contribution in [0.2, 0.25) is 5.02 Å². The Labute approximate surface area is 176 Å².